The van der Waals surface area contributed by atoms with E-state index in [4.69, 9.17) is 0 Å². The molecule has 1 amide bonds. The summed E-state index contributed by atoms with van der Waals surface area (Å²) < 4.78 is 2.17. The van der Waals surface area contributed by atoms with Crippen molar-refractivity contribution >= 4 is 5.91 Å². The van der Waals surface area contributed by atoms with Crippen LogP contribution in [0.15, 0.2) is 0 Å². The molecular weight excluding hydrogens is 316 g/mol. The number of carbonyl (C=O) groups is 1. The van der Waals surface area contributed by atoms with Gasteiger partial charge >= 0.3 is 0 Å². The highest BCUT2D eigenvalue weighted by Crippen LogP contribution is 2.27. The molecule has 1 aliphatic heterocycles. The predicted molar refractivity (Wildman–Crippen MR) is 93.7 cm³/mol. The van der Waals surface area contributed by atoms with Gasteiger partial charge in [0.2, 0.25) is 5.91 Å². The third kappa shape index (κ3) is 3.84. The van der Waals surface area contributed by atoms with Crippen LogP contribution in [0.2, 0.25) is 0 Å². The molecular formula is C18H28N6O. The van der Waals surface area contributed by atoms with Crippen LogP contribution >= 0.6 is 0 Å². The molecule has 0 spiro atoms. The van der Waals surface area contributed by atoms with Crippen molar-refractivity contribution in [1.29, 1.82) is 5.26 Å². The van der Waals surface area contributed by atoms with Crippen LogP contribution in [0.3, 0.4) is 0 Å². The monoisotopic (exact) mass is 344 g/mol. The first kappa shape index (κ1) is 17.9. The summed E-state index contributed by atoms with van der Waals surface area (Å²) in [5.74, 6) is 1.97. The minimum absolute atomic E-state index is 0.0753. The molecule has 0 unspecified atom stereocenters. The summed E-state index contributed by atoms with van der Waals surface area (Å²) in [6, 6.07) is 2.25. The fourth-order valence-corrected chi connectivity index (χ4v) is 3.97. The molecule has 1 aliphatic carbocycles. The zero-order chi connectivity index (χ0) is 17.9. The van der Waals surface area contributed by atoms with Crippen molar-refractivity contribution < 1.29 is 4.79 Å². The van der Waals surface area contributed by atoms with Gasteiger partial charge in [0.05, 0.1) is 12.1 Å². The fraction of sp³-hybridized carbons (Fsp3) is 0.778. The summed E-state index contributed by atoms with van der Waals surface area (Å²) in [7, 11) is 0. The minimum Gasteiger partial charge on any atom is -0.336 e. The second-order valence-corrected chi connectivity index (χ2v) is 7.36. The van der Waals surface area contributed by atoms with E-state index in [1.807, 2.05) is 6.92 Å². The predicted octanol–water partition coefficient (Wildman–Crippen LogP) is 1.48. The number of hydrogen-bond donors (Lipinski definition) is 2. The summed E-state index contributed by atoms with van der Waals surface area (Å²) in [6.07, 6.45) is 7.37. The molecule has 2 aliphatic rings. The minimum atomic E-state index is -0.672. The number of rotatable bonds is 5. The topological polar surface area (TPSA) is 95.6 Å². The van der Waals surface area contributed by atoms with Crippen molar-refractivity contribution in [2.24, 2.45) is 0 Å². The normalized spacial score (nSPS) is 23.3. The van der Waals surface area contributed by atoms with E-state index in [0.717, 1.165) is 69.6 Å². The zero-order valence-corrected chi connectivity index (χ0v) is 15.2. The number of nitriles is 1. The first-order chi connectivity index (χ1) is 12.1. The summed E-state index contributed by atoms with van der Waals surface area (Å²) >= 11 is 0. The Balaban J connectivity index is 1.58. The largest absolute Gasteiger partial charge is 0.336 e. The van der Waals surface area contributed by atoms with Gasteiger partial charge in [0.1, 0.15) is 17.2 Å². The van der Waals surface area contributed by atoms with Crippen molar-refractivity contribution in [3.63, 3.8) is 0 Å². The van der Waals surface area contributed by atoms with Crippen molar-refractivity contribution in [1.82, 2.24) is 25.4 Å². The zero-order valence-electron chi connectivity index (χ0n) is 15.2. The van der Waals surface area contributed by atoms with Crippen LogP contribution < -0.4 is 10.6 Å². The lowest BCUT2D eigenvalue weighted by molar-refractivity contribution is -0.124. The molecule has 0 radical (unpaired) electrons. The van der Waals surface area contributed by atoms with E-state index in [9.17, 15) is 10.1 Å². The van der Waals surface area contributed by atoms with Crippen molar-refractivity contribution in [3.05, 3.63) is 11.6 Å². The molecule has 7 heteroatoms. The Morgan fingerprint density at radius 3 is 2.84 bits per heavy atom. The number of amides is 1. The molecule has 1 saturated carbocycles. The van der Waals surface area contributed by atoms with Crippen molar-refractivity contribution in [2.75, 3.05) is 0 Å². The Hall–Kier alpha value is -1.94. The van der Waals surface area contributed by atoms with Gasteiger partial charge in [-0.15, -0.1) is 10.2 Å². The van der Waals surface area contributed by atoms with Gasteiger partial charge in [0, 0.05) is 25.4 Å². The van der Waals surface area contributed by atoms with Gasteiger partial charge in [0.25, 0.3) is 0 Å². The first-order valence-corrected chi connectivity index (χ1v) is 9.47. The Bertz CT molecular complexity index is 642. The van der Waals surface area contributed by atoms with E-state index in [1.54, 1.807) is 0 Å². The van der Waals surface area contributed by atoms with Crippen LogP contribution in [0.4, 0.5) is 0 Å². The molecule has 1 aromatic heterocycles. The van der Waals surface area contributed by atoms with Gasteiger partial charge in [-0.2, -0.15) is 5.26 Å². The highest BCUT2D eigenvalue weighted by Gasteiger charge is 2.35. The Kier molecular flexibility index (Phi) is 5.38. The Morgan fingerprint density at radius 1 is 1.40 bits per heavy atom. The van der Waals surface area contributed by atoms with Crippen LogP contribution in [-0.2, 0) is 24.2 Å². The number of carbonyl (C=O) groups excluding carboxylic acids is 1. The van der Waals surface area contributed by atoms with Gasteiger partial charge in [-0.1, -0.05) is 26.2 Å². The SMILES string of the molecule is CCc1nnc2n1C[C@@H](N[C@@H](C)C(=O)NC1(C#N)CCCCC1)CC2. The molecule has 3 rings (SSSR count). The molecule has 1 fully saturated rings. The molecule has 0 saturated heterocycles. The first-order valence-electron chi connectivity index (χ1n) is 9.47. The number of fused-ring (bicyclic) bond motifs is 1. The van der Waals surface area contributed by atoms with E-state index >= 15 is 0 Å². The second-order valence-electron chi connectivity index (χ2n) is 7.36. The van der Waals surface area contributed by atoms with Gasteiger partial charge in [-0.05, 0) is 26.2 Å². The van der Waals surface area contributed by atoms with Crippen LogP contribution in [-0.4, -0.2) is 38.3 Å². The highest BCUT2D eigenvalue weighted by atomic mass is 16.2. The number of aromatic nitrogens is 3. The average molecular weight is 344 g/mol. The summed E-state index contributed by atoms with van der Waals surface area (Å²) in [5, 5.41) is 24.5. The van der Waals surface area contributed by atoms with E-state index in [2.05, 4.69) is 38.4 Å². The van der Waals surface area contributed by atoms with Crippen LogP contribution in [0.1, 0.15) is 64.0 Å². The summed E-state index contributed by atoms with van der Waals surface area (Å²) in [4.78, 5) is 12.6. The number of hydrogen-bond acceptors (Lipinski definition) is 5. The summed E-state index contributed by atoms with van der Waals surface area (Å²) in [5.41, 5.74) is -0.672. The molecule has 136 valence electrons. The lowest BCUT2D eigenvalue weighted by Gasteiger charge is -2.34. The lowest BCUT2D eigenvalue weighted by Crippen LogP contribution is -2.56. The third-order valence-corrected chi connectivity index (χ3v) is 5.50. The third-order valence-electron chi connectivity index (χ3n) is 5.50. The summed E-state index contributed by atoms with van der Waals surface area (Å²) in [6.45, 7) is 4.76. The standard InChI is InChI=1S/C18H28N6O/c1-3-15-22-23-16-8-7-14(11-24(15)16)20-13(2)17(25)21-18(12-19)9-5-4-6-10-18/h13-14,20H,3-11H2,1-2H3,(H,21,25)/t13-,14-/m0/s1. The van der Waals surface area contributed by atoms with Crippen LogP contribution in [0.25, 0.3) is 0 Å². The molecule has 0 bridgehead atoms. The Labute approximate surface area is 149 Å². The van der Waals surface area contributed by atoms with E-state index in [0.29, 0.717) is 0 Å². The fourth-order valence-electron chi connectivity index (χ4n) is 3.97. The van der Waals surface area contributed by atoms with E-state index < -0.39 is 5.54 Å². The second kappa shape index (κ2) is 7.52. The Morgan fingerprint density at radius 2 is 2.16 bits per heavy atom. The van der Waals surface area contributed by atoms with Gasteiger partial charge in [-0.3, -0.25) is 4.79 Å². The van der Waals surface area contributed by atoms with Crippen LogP contribution in [0, 0.1) is 11.3 Å². The van der Waals surface area contributed by atoms with Gasteiger partial charge in [0.15, 0.2) is 0 Å². The molecule has 25 heavy (non-hydrogen) atoms. The molecule has 2 atom stereocenters. The van der Waals surface area contributed by atoms with E-state index in [1.165, 1.54) is 0 Å². The quantitative estimate of drug-likeness (QED) is 0.843. The molecule has 1 aromatic rings. The maximum absolute atomic E-state index is 12.6. The smallest absolute Gasteiger partial charge is 0.238 e. The molecule has 0 aromatic carbocycles. The molecule has 2 heterocycles. The van der Waals surface area contributed by atoms with Gasteiger partial charge < -0.3 is 15.2 Å². The maximum atomic E-state index is 12.6. The number of aryl methyl sites for hydroxylation is 2. The maximum Gasteiger partial charge on any atom is 0.238 e. The van der Waals surface area contributed by atoms with Crippen LogP contribution in [0.5, 0.6) is 0 Å². The number of nitrogens with zero attached hydrogens (tertiary/aromatic N) is 4. The lowest BCUT2D eigenvalue weighted by atomic mass is 9.82. The van der Waals surface area contributed by atoms with E-state index in [-0.39, 0.29) is 18.0 Å². The van der Waals surface area contributed by atoms with Crippen molar-refractivity contribution in [3.8, 4) is 6.07 Å². The molecule has 7 nitrogen and oxygen atoms in total. The average Bonchev–Trinajstić information content (AvgIpc) is 3.04. The van der Waals surface area contributed by atoms with Gasteiger partial charge in [-0.25, -0.2) is 0 Å². The molecule has 2 N–H and O–H groups in total. The number of nitrogens with one attached hydrogen (secondary N) is 2. The highest BCUT2D eigenvalue weighted by molar-refractivity contribution is 5.82. The van der Waals surface area contributed by atoms with Crippen molar-refractivity contribution in [2.45, 2.75) is 89.4 Å².